The molecule has 0 radical (unpaired) electrons. The number of fused-ring (bicyclic) bond motifs is 1. The van der Waals surface area contributed by atoms with Crippen LogP contribution in [0.1, 0.15) is 5.69 Å². The maximum atomic E-state index is 11.5. The second-order valence-corrected chi connectivity index (χ2v) is 3.18. The molecule has 2 heterocycles. The molecule has 7 nitrogen and oxygen atoms in total. The summed E-state index contributed by atoms with van der Waals surface area (Å²) in [6.45, 7) is 1.27. The van der Waals surface area contributed by atoms with Gasteiger partial charge in [-0.3, -0.25) is 9.89 Å². The number of rotatable bonds is 5. The van der Waals surface area contributed by atoms with Crippen LogP contribution >= 0.6 is 0 Å². The van der Waals surface area contributed by atoms with Crippen LogP contribution in [0.2, 0.25) is 0 Å². The number of nitrogens with one attached hydrogen (secondary N) is 2. The summed E-state index contributed by atoms with van der Waals surface area (Å²) >= 11 is 0. The van der Waals surface area contributed by atoms with E-state index in [1.165, 1.54) is 6.33 Å². The minimum absolute atomic E-state index is 0.218. The highest BCUT2D eigenvalue weighted by molar-refractivity contribution is 5.75. The van der Waals surface area contributed by atoms with Crippen LogP contribution in [0.15, 0.2) is 11.1 Å². The molecule has 2 rings (SSSR count). The number of methoxy groups -OCH3 is 1. The van der Waals surface area contributed by atoms with E-state index in [1.54, 1.807) is 7.11 Å². The van der Waals surface area contributed by atoms with E-state index >= 15 is 0 Å². The van der Waals surface area contributed by atoms with E-state index in [0.29, 0.717) is 29.9 Å². The van der Waals surface area contributed by atoms with Crippen LogP contribution in [0.25, 0.3) is 11.0 Å². The molecule has 0 bridgehead atoms. The smallest absolute Gasteiger partial charge is 0.262 e. The van der Waals surface area contributed by atoms with Crippen molar-refractivity contribution in [3.8, 4) is 0 Å². The average Bonchev–Trinajstić information content (AvgIpc) is 2.69. The monoisotopic (exact) mass is 224 g/mol. The molecule has 7 heteroatoms. The largest absolute Gasteiger partial charge is 0.382 e. The Kier molecular flexibility index (Phi) is 3.28. The van der Waals surface area contributed by atoms with Crippen molar-refractivity contribution in [1.29, 1.82) is 0 Å². The predicted molar refractivity (Wildman–Crippen MR) is 56.0 cm³/mol. The molecule has 0 aliphatic rings. The van der Waals surface area contributed by atoms with Crippen LogP contribution in [-0.2, 0) is 16.1 Å². The second-order valence-electron chi connectivity index (χ2n) is 3.18. The van der Waals surface area contributed by atoms with Gasteiger partial charge in [0.15, 0.2) is 5.65 Å². The van der Waals surface area contributed by atoms with Crippen molar-refractivity contribution in [2.45, 2.75) is 6.61 Å². The topological polar surface area (TPSA) is 92.9 Å². The van der Waals surface area contributed by atoms with Crippen LogP contribution < -0.4 is 5.56 Å². The van der Waals surface area contributed by atoms with Gasteiger partial charge < -0.3 is 14.5 Å². The number of hydrogen-bond donors (Lipinski definition) is 2. The quantitative estimate of drug-likeness (QED) is 0.686. The predicted octanol–water partition coefficient (Wildman–Crippen LogP) is -0.191. The Morgan fingerprint density at radius 2 is 2.31 bits per heavy atom. The Balaban J connectivity index is 2.15. The summed E-state index contributed by atoms with van der Waals surface area (Å²) in [6.07, 6.45) is 1.32. The van der Waals surface area contributed by atoms with Gasteiger partial charge in [-0.25, -0.2) is 4.98 Å². The average molecular weight is 224 g/mol. The maximum Gasteiger partial charge on any atom is 0.262 e. The van der Waals surface area contributed by atoms with Crippen LogP contribution in [-0.4, -0.2) is 40.5 Å². The van der Waals surface area contributed by atoms with Gasteiger partial charge >= 0.3 is 0 Å². The molecule has 0 amide bonds. The van der Waals surface area contributed by atoms with E-state index in [-0.39, 0.29) is 12.2 Å². The Bertz CT molecular complexity index is 519. The van der Waals surface area contributed by atoms with E-state index < -0.39 is 0 Å². The first-order chi connectivity index (χ1) is 7.83. The first-order valence-corrected chi connectivity index (χ1v) is 4.80. The lowest BCUT2D eigenvalue weighted by Crippen LogP contribution is -2.08. The summed E-state index contributed by atoms with van der Waals surface area (Å²) in [4.78, 5) is 17.9. The van der Waals surface area contributed by atoms with E-state index in [1.807, 2.05) is 0 Å². The van der Waals surface area contributed by atoms with Crippen molar-refractivity contribution in [2.75, 3.05) is 20.3 Å². The first kappa shape index (κ1) is 10.8. The summed E-state index contributed by atoms with van der Waals surface area (Å²) < 4.78 is 10.1. The van der Waals surface area contributed by atoms with Gasteiger partial charge in [0.05, 0.1) is 31.8 Å². The molecular formula is C9H12N4O3. The molecule has 2 aromatic heterocycles. The highest BCUT2D eigenvalue weighted by Gasteiger charge is 2.09. The lowest BCUT2D eigenvalue weighted by atomic mass is 10.3. The van der Waals surface area contributed by atoms with Crippen LogP contribution in [0, 0.1) is 0 Å². The summed E-state index contributed by atoms with van der Waals surface area (Å²) in [7, 11) is 1.60. The first-order valence-electron chi connectivity index (χ1n) is 4.80. The molecule has 0 spiro atoms. The van der Waals surface area contributed by atoms with Gasteiger partial charge in [-0.1, -0.05) is 0 Å². The number of hydrogen-bond acceptors (Lipinski definition) is 5. The molecule has 0 aliphatic carbocycles. The molecule has 2 N–H and O–H groups in total. The van der Waals surface area contributed by atoms with Gasteiger partial charge in [0, 0.05) is 7.11 Å². The minimum atomic E-state index is -0.218. The van der Waals surface area contributed by atoms with Gasteiger partial charge in [-0.2, -0.15) is 5.10 Å². The highest BCUT2D eigenvalue weighted by atomic mass is 16.5. The number of aromatic nitrogens is 4. The third kappa shape index (κ3) is 2.10. The van der Waals surface area contributed by atoms with E-state index in [9.17, 15) is 4.79 Å². The molecule has 0 saturated heterocycles. The van der Waals surface area contributed by atoms with Crippen molar-refractivity contribution in [3.05, 3.63) is 22.4 Å². The normalized spacial score (nSPS) is 11.1. The van der Waals surface area contributed by atoms with Crippen molar-refractivity contribution in [2.24, 2.45) is 0 Å². The van der Waals surface area contributed by atoms with Crippen LogP contribution in [0.5, 0.6) is 0 Å². The molecular weight excluding hydrogens is 212 g/mol. The van der Waals surface area contributed by atoms with Crippen molar-refractivity contribution in [3.63, 3.8) is 0 Å². The molecule has 0 saturated carbocycles. The van der Waals surface area contributed by atoms with E-state index in [2.05, 4.69) is 20.2 Å². The number of H-pyrrole nitrogens is 2. The highest BCUT2D eigenvalue weighted by Crippen LogP contribution is 2.08. The van der Waals surface area contributed by atoms with Crippen LogP contribution in [0.4, 0.5) is 0 Å². The van der Waals surface area contributed by atoms with Crippen molar-refractivity contribution >= 4 is 11.0 Å². The Labute approximate surface area is 90.8 Å². The lowest BCUT2D eigenvalue weighted by Gasteiger charge is -2.00. The molecule has 2 aromatic rings. The molecule has 0 atom stereocenters. The summed E-state index contributed by atoms with van der Waals surface area (Å²) in [6, 6.07) is 0. The summed E-state index contributed by atoms with van der Waals surface area (Å²) in [5, 5.41) is 7.09. The Hall–Kier alpha value is -1.73. The molecule has 0 fully saturated rings. The SMILES string of the molecule is COCCOCc1[nH]nc2nc[nH]c(=O)c12. The van der Waals surface area contributed by atoms with E-state index in [4.69, 9.17) is 9.47 Å². The number of aromatic amines is 2. The Morgan fingerprint density at radius 1 is 1.44 bits per heavy atom. The number of ether oxygens (including phenoxy) is 2. The Morgan fingerprint density at radius 3 is 3.12 bits per heavy atom. The van der Waals surface area contributed by atoms with Gasteiger partial charge in [0.2, 0.25) is 0 Å². The zero-order chi connectivity index (χ0) is 11.4. The van der Waals surface area contributed by atoms with Gasteiger partial charge in [-0.05, 0) is 0 Å². The molecule has 0 aromatic carbocycles. The van der Waals surface area contributed by atoms with Gasteiger partial charge in [0.1, 0.15) is 5.39 Å². The third-order valence-electron chi connectivity index (χ3n) is 2.11. The molecule has 16 heavy (non-hydrogen) atoms. The van der Waals surface area contributed by atoms with Crippen molar-refractivity contribution < 1.29 is 9.47 Å². The fourth-order valence-electron chi connectivity index (χ4n) is 1.34. The summed E-state index contributed by atoms with van der Waals surface area (Å²) in [5.41, 5.74) is 0.804. The third-order valence-corrected chi connectivity index (χ3v) is 2.11. The molecule has 86 valence electrons. The van der Waals surface area contributed by atoms with E-state index in [0.717, 1.165) is 0 Å². The van der Waals surface area contributed by atoms with Crippen LogP contribution in [0.3, 0.4) is 0 Å². The fraction of sp³-hybridized carbons (Fsp3) is 0.444. The molecule has 0 unspecified atom stereocenters. The zero-order valence-electron chi connectivity index (χ0n) is 8.82. The van der Waals surface area contributed by atoms with Gasteiger partial charge in [0.25, 0.3) is 5.56 Å². The maximum absolute atomic E-state index is 11.5. The standard InChI is InChI=1S/C9H12N4O3/c1-15-2-3-16-4-6-7-8(13-12-6)10-5-11-9(7)14/h5H,2-4H2,1H3,(H2,10,11,12,13,14). The van der Waals surface area contributed by atoms with Gasteiger partial charge in [-0.15, -0.1) is 0 Å². The summed E-state index contributed by atoms with van der Waals surface area (Å²) in [5.74, 6) is 0. The van der Waals surface area contributed by atoms with Crippen molar-refractivity contribution in [1.82, 2.24) is 20.2 Å². The molecule has 0 aliphatic heterocycles. The number of nitrogens with zero attached hydrogens (tertiary/aromatic N) is 2. The fourth-order valence-corrected chi connectivity index (χ4v) is 1.34. The minimum Gasteiger partial charge on any atom is -0.382 e. The second kappa shape index (κ2) is 4.86. The zero-order valence-corrected chi connectivity index (χ0v) is 8.82. The lowest BCUT2D eigenvalue weighted by molar-refractivity contribution is 0.0606.